The molecule has 2 nitrogen and oxygen atoms in total. The first-order valence-corrected chi connectivity index (χ1v) is 8.97. The number of rotatable bonds is 6. The van der Waals surface area contributed by atoms with E-state index >= 15 is 0 Å². The van der Waals surface area contributed by atoms with Crippen molar-refractivity contribution < 1.29 is 0 Å². The molecule has 2 rings (SSSR count). The van der Waals surface area contributed by atoms with Crippen molar-refractivity contribution in [3.63, 3.8) is 0 Å². The molecule has 2 unspecified atom stereocenters. The van der Waals surface area contributed by atoms with Crippen LogP contribution in [0.4, 0.5) is 0 Å². The summed E-state index contributed by atoms with van der Waals surface area (Å²) >= 11 is 11.4. The van der Waals surface area contributed by atoms with Crippen LogP contribution in [0.25, 0.3) is 0 Å². The lowest BCUT2D eigenvalue weighted by Crippen LogP contribution is -2.38. The standard InChI is InChI=1S/C16H20BrClN2S/c1-11(8-13-4-3-7-21-13)20(2)16(10-19)12-5-6-15(18)14(17)9-12/h3-7,9,11,16H,8,10,19H2,1-2H3. The van der Waals surface area contributed by atoms with Gasteiger partial charge in [-0.15, -0.1) is 11.3 Å². The maximum Gasteiger partial charge on any atom is 0.0548 e. The number of halogens is 2. The Labute approximate surface area is 144 Å². The lowest BCUT2D eigenvalue weighted by atomic mass is 10.0. The zero-order valence-corrected chi connectivity index (χ0v) is 15.4. The van der Waals surface area contributed by atoms with E-state index in [2.05, 4.69) is 64.4 Å². The summed E-state index contributed by atoms with van der Waals surface area (Å²) in [6, 6.07) is 10.9. The molecule has 2 N–H and O–H groups in total. The highest BCUT2D eigenvalue weighted by atomic mass is 79.9. The average molecular weight is 388 g/mol. The van der Waals surface area contributed by atoms with Crippen LogP contribution in [0.1, 0.15) is 23.4 Å². The van der Waals surface area contributed by atoms with Crippen molar-refractivity contribution in [2.45, 2.75) is 25.4 Å². The lowest BCUT2D eigenvalue weighted by molar-refractivity contribution is 0.188. The summed E-state index contributed by atoms with van der Waals surface area (Å²) in [5.74, 6) is 0. The van der Waals surface area contributed by atoms with E-state index in [0.29, 0.717) is 12.6 Å². The van der Waals surface area contributed by atoms with Crippen LogP contribution in [0.3, 0.4) is 0 Å². The van der Waals surface area contributed by atoms with Crippen molar-refractivity contribution in [3.8, 4) is 0 Å². The quantitative estimate of drug-likeness (QED) is 0.776. The van der Waals surface area contributed by atoms with Crippen LogP contribution in [0.15, 0.2) is 40.2 Å². The monoisotopic (exact) mass is 386 g/mol. The zero-order chi connectivity index (χ0) is 15.4. The first-order valence-electron chi connectivity index (χ1n) is 6.92. The van der Waals surface area contributed by atoms with Crippen LogP contribution >= 0.6 is 38.9 Å². The van der Waals surface area contributed by atoms with Crippen LogP contribution < -0.4 is 5.73 Å². The number of thiophene rings is 1. The molecule has 5 heteroatoms. The summed E-state index contributed by atoms with van der Waals surface area (Å²) in [6.45, 7) is 2.83. The van der Waals surface area contributed by atoms with E-state index < -0.39 is 0 Å². The van der Waals surface area contributed by atoms with Crippen molar-refractivity contribution >= 4 is 38.9 Å². The molecule has 1 aromatic heterocycles. The second kappa shape index (κ2) is 7.75. The third kappa shape index (κ3) is 4.30. The Morgan fingerprint density at radius 2 is 2.14 bits per heavy atom. The maximum atomic E-state index is 6.08. The molecule has 21 heavy (non-hydrogen) atoms. The Morgan fingerprint density at radius 1 is 1.38 bits per heavy atom. The van der Waals surface area contributed by atoms with Crippen LogP contribution in [0.2, 0.25) is 5.02 Å². The van der Waals surface area contributed by atoms with E-state index in [4.69, 9.17) is 17.3 Å². The summed E-state index contributed by atoms with van der Waals surface area (Å²) in [6.07, 6.45) is 1.04. The van der Waals surface area contributed by atoms with Crippen LogP contribution in [0, 0.1) is 0 Å². The smallest absolute Gasteiger partial charge is 0.0548 e. The van der Waals surface area contributed by atoms with Crippen molar-refractivity contribution in [2.24, 2.45) is 5.73 Å². The number of hydrogen-bond donors (Lipinski definition) is 1. The average Bonchev–Trinajstić information content (AvgIpc) is 2.96. The number of benzene rings is 1. The third-order valence-corrected chi connectivity index (χ3v) is 5.93. The van der Waals surface area contributed by atoms with Crippen molar-refractivity contribution in [2.75, 3.05) is 13.6 Å². The summed E-state index contributed by atoms with van der Waals surface area (Å²) in [5.41, 5.74) is 7.21. The lowest BCUT2D eigenvalue weighted by Gasteiger charge is -2.33. The zero-order valence-electron chi connectivity index (χ0n) is 12.2. The van der Waals surface area contributed by atoms with Crippen molar-refractivity contribution in [1.29, 1.82) is 0 Å². The molecule has 0 saturated carbocycles. The van der Waals surface area contributed by atoms with E-state index in [-0.39, 0.29) is 6.04 Å². The van der Waals surface area contributed by atoms with E-state index in [1.165, 1.54) is 10.4 Å². The highest BCUT2D eigenvalue weighted by Gasteiger charge is 2.21. The minimum absolute atomic E-state index is 0.188. The maximum absolute atomic E-state index is 6.08. The number of hydrogen-bond acceptors (Lipinski definition) is 3. The second-order valence-corrected chi connectivity index (χ2v) is 7.52. The number of nitrogens with zero attached hydrogens (tertiary/aromatic N) is 1. The fourth-order valence-corrected chi connectivity index (χ4v) is 3.77. The van der Waals surface area contributed by atoms with Gasteiger partial charge in [-0.2, -0.15) is 0 Å². The minimum atomic E-state index is 0.188. The molecule has 0 fully saturated rings. The number of likely N-dealkylation sites (N-methyl/N-ethyl adjacent to an activating group) is 1. The molecule has 1 heterocycles. The molecule has 0 aliphatic heterocycles. The topological polar surface area (TPSA) is 29.3 Å². The molecule has 2 aromatic rings. The number of nitrogens with two attached hydrogens (primary N) is 1. The van der Waals surface area contributed by atoms with Crippen molar-refractivity contribution in [1.82, 2.24) is 4.90 Å². The van der Waals surface area contributed by atoms with Gasteiger partial charge in [-0.25, -0.2) is 0 Å². The predicted molar refractivity (Wildman–Crippen MR) is 96.2 cm³/mol. The Hall–Kier alpha value is -0.390. The van der Waals surface area contributed by atoms with Gasteiger partial charge in [-0.3, -0.25) is 4.90 Å². The van der Waals surface area contributed by atoms with Crippen molar-refractivity contribution in [3.05, 3.63) is 55.6 Å². The third-order valence-electron chi connectivity index (χ3n) is 3.82. The molecule has 114 valence electrons. The Morgan fingerprint density at radius 3 is 2.71 bits per heavy atom. The van der Waals surface area contributed by atoms with E-state index in [9.17, 15) is 0 Å². The molecular weight excluding hydrogens is 368 g/mol. The summed E-state index contributed by atoms with van der Waals surface area (Å²) < 4.78 is 0.916. The molecule has 2 atom stereocenters. The highest BCUT2D eigenvalue weighted by molar-refractivity contribution is 9.10. The molecule has 1 aromatic carbocycles. The van der Waals surface area contributed by atoms with E-state index in [1.54, 1.807) is 11.3 Å². The SMILES string of the molecule is CC(Cc1cccs1)N(C)C(CN)c1ccc(Cl)c(Br)c1. The Balaban J connectivity index is 2.13. The van der Waals surface area contributed by atoms with Gasteiger partial charge in [0, 0.05) is 28.0 Å². The minimum Gasteiger partial charge on any atom is -0.329 e. The fourth-order valence-electron chi connectivity index (χ4n) is 2.43. The molecule has 0 saturated heterocycles. The van der Waals surface area contributed by atoms with Gasteiger partial charge in [-0.05, 0) is 65.5 Å². The van der Waals surface area contributed by atoms with Gasteiger partial charge in [-0.1, -0.05) is 23.7 Å². The van der Waals surface area contributed by atoms with Crippen LogP contribution in [-0.2, 0) is 6.42 Å². The Bertz CT molecular complexity index is 574. The molecular formula is C16H20BrClN2S. The van der Waals surface area contributed by atoms with Gasteiger partial charge < -0.3 is 5.73 Å². The van der Waals surface area contributed by atoms with Gasteiger partial charge in [0.15, 0.2) is 0 Å². The van der Waals surface area contributed by atoms with Gasteiger partial charge in [0.1, 0.15) is 0 Å². The molecule has 0 amide bonds. The van der Waals surface area contributed by atoms with Crippen LogP contribution in [0.5, 0.6) is 0 Å². The molecule has 0 bridgehead atoms. The normalized spacial score (nSPS) is 14.4. The predicted octanol–water partition coefficient (Wildman–Crippen LogP) is 4.73. The summed E-state index contributed by atoms with van der Waals surface area (Å²) in [7, 11) is 2.14. The molecule has 0 aliphatic rings. The fraction of sp³-hybridized carbons (Fsp3) is 0.375. The molecule has 0 radical (unpaired) electrons. The summed E-state index contributed by atoms with van der Waals surface area (Å²) in [5, 5.41) is 2.85. The van der Waals surface area contributed by atoms with Gasteiger partial charge in [0.05, 0.1) is 5.02 Å². The summed E-state index contributed by atoms with van der Waals surface area (Å²) in [4.78, 5) is 3.75. The first-order chi connectivity index (χ1) is 10.0. The Kier molecular flexibility index (Phi) is 6.26. The largest absolute Gasteiger partial charge is 0.329 e. The van der Waals surface area contributed by atoms with Gasteiger partial charge in [0.2, 0.25) is 0 Å². The molecule has 0 spiro atoms. The van der Waals surface area contributed by atoms with Crippen LogP contribution in [-0.4, -0.2) is 24.5 Å². The molecule has 0 aliphatic carbocycles. The second-order valence-electron chi connectivity index (χ2n) is 5.22. The first kappa shape index (κ1) is 17.0. The van der Waals surface area contributed by atoms with Gasteiger partial charge in [0.25, 0.3) is 0 Å². The van der Waals surface area contributed by atoms with E-state index in [0.717, 1.165) is 15.9 Å². The van der Waals surface area contributed by atoms with E-state index in [1.807, 2.05) is 6.07 Å². The highest BCUT2D eigenvalue weighted by Crippen LogP contribution is 2.29. The van der Waals surface area contributed by atoms with Gasteiger partial charge >= 0.3 is 0 Å².